The SMILES string of the molecule is Cc1ccc(CCC(=O)N2CC(N3C(=O)COC3=O)C2)cc1F. The smallest absolute Gasteiger partial charge is 0.417 e. The number of hydrogen-bond acceptors (Lipinski definition) is 4. The fourth-order valence-corrected chi connectivity index (χ4v) is 2.74. The third-order valence-electron chi connectivity index (χ3n) is 4.23. The van der Waals surface area contributed by atoms with Crippen molar-refractivity contribution in [1.29, 1.82) is 0 Å². The Balaban J connectivity index is 1.48. The Bertz CT molecular complexity index is 654. The predicted octanol–water partition coefficient (Wildman–Crippen LogP) is 1.26. The molecule has 2 fully saturated rings. The van der Waals surface area contributed by atoms with E-state index in [-0.39, 0.29) is 36.7 Å². The second-order valence-corrected chi connectivity index (χ2v) is 5.85. The van der Waals surface area contributed by atoms with Crippen LogP contribution in [0.2, 0.25) is 0 Å². The average Bonchev–Trinajstić information content (AvgIpc) is 2.79. The minimum Gasteiger partial charge on any atom is -0.439 e. The van der Waals surface area contributed by atoms with E-state index in [1.807, 2.05) is 6.07 Å². The van der Waals surface area contributed by atoms with Gasteiger partial charge in [0.25, 0.3) is 5.91 Å². The van der Waals surface area contributed by atoms with E-state index in [0.717, 1.165) is 10.5 Å². The summed E-state index contributed by atoms with van der Waals surface area (Å²) >= 11 is 0. The van der Waals surface area contributed by atoms with Crippen LogP contribution < -0.4 is 0 Å². The van der Waals surface area contributed by atoms with Gasteiger partial charge in [0, 0.05) is 19.5 Å². The maximum Gasteiger partial charge on any atom is 0.417 e. The first kappa shape index (κ1) is 15.5. The lowest BCUT2D eigenvalue weighted by atomic mass is 10.0. The zero-order valence-electron chi connectivity index (χ0n) is 12.8. The van der Waals surface area contributed by atoms with Gasteiger partial charge in [0.1, 0.15) is 5.82 Å². The number of cyclic esters (lactones) is 1. The molecule has 23 heavy (non-hydrogen) atoms. The van der Waals surface area contributed by atoms with Crippen LogP contribution in [0.5, 0.6) is 0 Å². The van der Waals surface area contributed by atoms with E-state index in [4.69, 9.17) is 0 Å². The van der Waals surface area contributed by atoms with Crippen molar-refractivity contribution in [2.75, 3.05) is 19.7 Å². The molecule has 122 valence electrons. The molecule has 2 heterocycles. The van der Waals surface area contributed by atoms with Crippen LogP contribution in [-0.2, 0) is 20.7 Å². The third-order valence-corrected chi connectivity index (χ3v) is 4.23. The van der Waals surface area contributed by atoms with Crippen LogP contribution >= 0.6 is 0 Å². The van der Waals surface area contributed by atoms with Crippen molar-refractivity contribution in [3.8, 4) is 0 Å². The van der Waals surface area contributed by atoms with E-state index in [0.29, 0.717) is 25.1 Å². The van der Waals surface area contributed by atoms with E-state index < -0.39 is 6.09 Å². The Hall–Kier alpha value is -2.44. The largest absolute Gasteiger partial charge is 0.439 e. The molecule has 0 N–H and O–H groups in total. The van der Waals surface area contributed by atoms with Gasteiger partial charge in [-0.15, -0.1) is 0 Å². The van der Waals surface area contributed by atoms with Crippen molar-refractivity contribution in [1.82, 2.24) is 9.80 Å². The number of nitrogens with zero attached hydrogens (tertiary/aromatic N) is 2. The number of carbonyl (C=O) groups is 3. The van der Waals surface area contributed by atoms with Crippen molar-refractivity contribution < 1.29 is 23.5 Å². The summed E-state index contributed by atoms with van der Waals surface area (Å²) in [5.41, 5.74) is 1.35. The summed E-state index contributed by atoms with van der Waals surface area (Å²) in [4.78, 5) is 37.7. The first-order chi connectivity index (χ1) is 11.0. The van der Waals surface area contributed by atoms with Gasteiger partial charge in [-0.25, -0.2) is 14.1 Å². The van der Waals surface area contributed by atoms with Gasteiger partial charge < -0.3 is 9.64 Å². The topological polar surface area (TPSA) is 66.9 Å². The molecule has 2 aliphatic rings. The number of carbonyl (C=O) groups excluding carboxylic acids is 3. The van der Waals surface area contributed by atoms with Gasteiger partial charge in [0.15, 0.2) is 6.61 Å². The normalized spacial score (nSPS) is 18.2. The number of likely N-dealkylation sites (tertiary alicyclic amines) is 1. The second-order valence-electron chi connectivity index (χ2n) is 5.85. The summed E-state index contributed by atoms with van der Waals surface area (Å²) in [6, 6.07) is 4.65. The van der Waals surface area contributed by atoms with Crippen LogP contribution in [0, 0.1) is 12.7 Å². The van der Waals surface area contributed by atoms with Crippen LogP contribution in [0.25, 0.3) is 0 Å². The maximum atomic E-state index is 13.5. The van der Waals surface area contributed by atoms with Crippen LogP contribution in [0.4, 0.5) is 9.18 Å². The molecule has 7 heteroatoms. The van der Waals surface area contributed by atoms with Gasteiger partial charge in [-0.05, 0) is 30.5 Å². The lowest BCUT2D eigenvalue weighted by Gasteiger charge is -2.42. The summed E-state index contributed by atoms with van der Waals surface area (Å²) in [7, 11) is 0. The fraction of sp³-hybridized carbons (Fsp3) is 0.438. The number of amides is 3. The Morgan fingerprint density at radius 1 is 1.35 bits per heavy atom. The molecule has 0 aromatic heterocycles. The van der Waals surface area contributed by atoms with E-state index in [1.165, 1.54) is 6.07 Å². The van der Waals surface area contributed by atoms with Crippen LogP contribution in [0.3, 0.4) is 0 Å². The molecule has 3 amide bonds. The standard InChI is InChI=1S/C16H17FN2O4/c1-10-2-3-11(6-13(10)17)4-5-14(20)18-7-12(8-18)19-15(21)9-23-16(19)22/h2-3,6,12H,4-5,7-9H2,1H3. The van der Waals surface area contributed by atoms with Gasteiger partial charge in [-0.2, -0.15) is 0 Å². The molecule has 0 aliphatic carbocycles. The van der Waals surface area contributed by atoms with Crippen LogP contribution in [0.1, 0.15) is 17.5 Å². The van der Waals surface area contributed by atoms with Gasteiger partial charge in [-0.1, -0.05) is 12.1 Å². The highest BCUT2D eigenvalue weighted by Crippen LogP contribution is 2.21. The molecule has 0 radical (unpaired) electrons. The number of aryl methyl sites for hydroxylation is 2. The number of benzene rings is 1. The van der Waals surface area contributed by atoms with Gasteiger partial charge in [0.2, 0.25) is 5.91 Å². The summed E-state index contributed by atoms with van der Waals surface area (Å²) < 4.78 is 18.1. The highest BCUT2D eigenvalue weighted by atomic mass is 19.1. The van der Waals surface area contributed by atoms with E-state index in [2.05, 4.69) is 4.74 Å². The average molecular weight is 320 g/mol. The van der Waals surface area contributed by atoms with Crippen molar-refractivity contribution in [3.63, 3.8) is 0 Å². The number of halogens is 1. The minimum atomic E-state index is -0.637. The Morgan fingerprint density at radius 3 is 2.70 bits per heavy atom. The van der Waals surface area contributed by atoms with E-state index in [9.17, 15) is 18.8 Å². The lowest BCUT2D eigenvalue weighted by molar-refractivity contribution is -0.142. The molecule has 0 spiro atoms. The number of ether oxygens (including phenoxy) is 1. The van der Waals surface area contributed by atoms with Crippen molar-refractivity contribution in [2.45, 2.75) is 25.8 Å². The highest BCUT2D eigenvalue weighted by Gasteiger charge is 2.44. The van der Waals surface area contributed by atoms with E-state index >= 15 is 0 Å². The monoisotopic (exact) mass is 320 g/mol. The Kier molecular flexibility index (Phi) is 4.02. The summed E-state index contributed by atoms with van der Waals surface area (Å²) in [6.45, 7) is 2.14. The van der Waals surface area contributed by atoms with Crippen molar-refractivity contribution in [3.05, 3.63) is 35.1 Å². The maximum absolute atomic E-state index is 13.5. The van der Waals surface area contributed by atoms with E-state index in [1.54, 1.807) is 17.9 Å². The second kappa shape index (κ2) is 5.98. The van der Waals surface area contributed by atoms with Crippen molar-refractivity contribution in [2.24, 2.45) is 0 Å². The zero-order valence-corrected chi connectivity index (χ0v) is 12.8. The Labute approximate surface area is 132 Å². The quantitative estimate of drug-likeness (QED) is 0.837. The minimum absolute atomic E-state index is 0.0674. The zero-order chi connectivity index (χ0) is 16.6. The number of hydrogen-bond donors (Lipinski definition) is 0. The molecular formula is C16H17FN2O4. The molecular weight excluding hydrogens is 303 g/mol. The van der Waals surface area contributed by atoms with Gasteiger partial charge >= 0.3 is 6.09 Å². The molecule has 6 nitrogen and oxygen atoms in total. The molecule has 3 rings (SSSR count). The molecule has 2 aliphatic heterocycles. The summed E-state index contributed by atoms with van der Waals surface area (Å²) in [5.74, 6) is -0.700. The summed E-state index contributed by atoms with van der Waals surface area (Å²) in [5, 5.41) is 0. The number of imide groups is 1. The lowest BCUT2D eigenvalue weighted by Crippen LogP contribution is -2.62. The van der Waals surface area contributed by atoms with Crippen LogP contribution in [-0.4, -0.2) is 53.4 Å². The van der Waals surface area contributed by atoms with Crippen LogP contribution in [0.15, 0.2) is 18.2 Å². The predicted molar refractivity (Wildman–Crippen MR) is 78.0 cm³/mol. The third kappa shape index (κ3) is 3.04. The number of rotatable bonds is 4. The molecule has 1 aromatic rings. The first-order valence-corrected chi connectivity index (χ1v) is 7.47. The molecule has 0 atom stereocenters. The van der Waals surface area contributed by atoms with Crippen molar-refractivity contribution >= 4 is 17.9 Å². The molecule has 0 saturated carbocycles. The molecule has 2 saturated heterocycles. The van der Waals surface area contributed by atoms with Gasteiger partial charge in [-0.3, -0.25) is 9.59 Å². The highest BCUT2D eigenvalue weighted by molar-refractivity contribution is 5.98. The first-order valence-electron chi connectivity index (χ1n) is 7.47. The molecule has 0 bridgehead atoms. The fourth-order valence-electron chi connectivity index (χ4n) is 2.74. The molecule has 1 aromatic carbocycles. The molecule has 0 unspecified atom stereocenters. The Morgan fingerprint density at radius 2 is 2.09 bits per heavy atom. The summed E-state index contributed by atoms with van der Waals surface area (Å²) in [6.07, 6.45) is 0.0948. The van der Waals surface area contributed by atoms with Gasteiger partial charge in [0.05, 0.1) is 6.04 Å².